The fourth-order valence-electron chi connectivity index (χ4n) is 2.14. The number of amides is 1. The summed E-state index contributed by atoms with van der Waals surface area (Å²) in [6.45, 7) is -0.0533. The Hall–Kier alpha value is -1.67. The van der Waals surface area contributed by atoms with E-state index in [4.69, 9.17) is 5.11 Å². The molecular weight excluding hydrogens is 304 g/mol. The predicted molar refractivity (Wildman–Crippen MR) is 70.8 cm³/mol. The number of aliphatic hydroxyl groups excluding tert-OH is 1. The van der Waals surface area contributed by atoms with Crippen molar-refractivity contribution >= 4 is 23.6 Å². The highest BCUT2D eigenvalue weighted by atomic mass is 32.2. The molecule has 0 aliphatic carbocycles. The standard InChI is InChI=1S/C13H13F2NO4S/c14-7-1-2-11(9(15)3-7)21-6-12(18)16-5-8(17)4-10(16)13(19)20/h1-3,8,10,17H,4-6H2,(H,19,20)/t8-,10-/m1/s1. The minimum absolute atomic E-state index is 0.0172. The highest BCUT2D eigenvalue weighted by Gasteiger charge is 2.38. The molecule has 5 nitrogen and oxygen atoms in total. The first-order valence-electron chi connectivity index (χ1n) is 6.16. The number of aliphatic carboxylic acids is 1. The molecule has 1 aliphatic rings. The first-order chi connectivity index (χ1) is 9.88. The zero-order valence-electron chi connectivity index (χ0n) is 10.8. The van der Waals surface area contributed by atoms with Gasteiger partial charge in [0, 0.05) is 23.9 Å². The Labute approximate surface area is 123 Å². The molecule has 0 saturated carbocycles. The molecule has 0 radical (unpaired) electrons. The summed E-state index contributed by atoms with van der Waals surface area (Å²) in [6.07, 6.45) is -0.890. The van der Waals surface area contributed by atoms with Gasteiger partial charge in [0.2, 0.25) is 5.91 Å². The summed E-state index contributed by atoms with van der Waals surface area (Å²) in [5.41, 5.74) is 0. The van der Waals surface area contributed by atoms with Crippen molar-refractivity contribution in [3.63, 3.8) is 0 Å². The molecule has 2 N–H and O–H groups in total. The van der Waals surface area contributed by atoms with Crippen LogP contribution in [-0.2, 0) is 9.59 Å². The number of thioether (sulfide) groups is 1. The van der Waals surface area contributed by atoms with E-state index < -0.39 is 35.7 Å². The van der Waals surface area contributed by atoms with Gasteiger partial charge in [0.1, 0.15) is 17.7 Å². The Balaban J connectivity index is 1.99. The van der Waals surface area contributed by atoms with Gasteiger partial charge in [0.15, 0.2) is 0 Å². The maximum Gasteiger partial charge on any atom is 0.326 e. The molecule has 0 spiro atoms. The number of nitrogens with zero attached hydrogens (tertiary/aromatic N) is 1. The van der Waals surface area contributed by atoms with Crippen LogP contribution in [0, 0.1) is 11.6 Å². The van der Waals surface area contributed by atoms with Crippen molar-refractivity contribution in [1.82, 2.24) is 4.90 Å². The average Bonchev–Trinajstić information content (AvgIpc) is 2.80. The number of hydrogen-bond acceptors (Lipinski definition) is 4. The van der Waals surface area contributed by atoms with Crippen molar-refractivity contribution in [2.45, 2.75) is 23.5 Å². The fraction of sp³-hybridized carbons (Fsp3) is 0.385. The lowest BCUT2D eigenvalue weighted by Crippen LogP contribution is -2.41. The average molecular weight is 317 g/mol. The molecule has 2 atom stereocenters. The van der Waals surface area contributed by atoms with Gasteiger partial charge in [0.25, 0.3) is 0 Å². The number of carbonyl (C=O) groups excluding carboxylic acids is 1. The lowest BCUT2D eigenvalue weighted by molar-refractivity contribution is -0.147. The second-order valence-electron chi connectivity index (χ2n) is 4.65. The van der Waals surface area contributed by atoms with E-state index in [0.717, 1.165) is 22.7 Å². The number of β-amino-alcohol motifs (C(OH)–C–C–N with tert-alkyl or cyclic N) is 1. The van der Waals surface area contributed by atoms with Crippen molar-refractivity contribution in [3.8, 4) is 0 Å². The molecule has 1 aliphatic heterocycles. The lowest BCUT2D eigenvalue weighted by Gasteiger charge is -2.20. The quantitative estimate of drug-likeness (QED) is 0.813. The number of carbonyl (C=O) groups is 2. The Morgan fingerprint density at radius 3 is 2.71 bits per heavy atom. The normalized spacial score (nSPS) is 21.6. The number of carboxylic acid groups (broad SMARTS) is 1. The van der Waals surface area contributed by atoms with E-state index >= 15 is 0 Å². The third kappa shape index (κ3) is 3.70. The molecule has 2 rings (SSSR count). The van der Waals surface area contributed by atoms with E-state index in [0.29, 0.717) is 6.07 Å². The van der Waals surface area contributed by atoms with Crippen LogP contribution in [0.15, 0.2) is 23.1 Å². The molecular formula is C13H13F2NO4S. The summed E-state index contributed by atoms with van der Waals surface area (Å²) in [5, 5.41) is 18.5. The summed E-state index contributed by atoms with van der Waals surface area (Å²) in [6, 6.07) is 1.95. The van der Waals surface area contributed by atoms with Crippen LogP contribution in [0.5, 0.6) is 0 Å². The lowest BCUT2D eigenvalue weighted by atomic mass is 10.2. The number of likely N-dealkylation sites (tertiary alicyclic amines) is 1. The first kappa shape index (κ1) is 15.7. The van der Waals surface area contributed by atoms with Crippen LogP contribution in [0.4, 0.5) is 8.78 Å². The first-order valence-corrected chi connectivity index (χ1v) is 7.15. The number of aliphatic hydroxyl groups is 1. The van der Waals surface area contributed by atoms with Crippen LogP contribution < -0.4 is 0 Å². The molecule has 8 heteroatoms. The van der Waals surface area contributed by atoms with Gasteiger partial charge in [0.05, 0.1) is 11.9 Å². The summed E-state index contributed by atoms with van der Waals surface area (Å²) >= 11 is 0.858. The van der Waals surface area contributed by atoms with E-state index in [-0.39, 0.29) is 23.6 Å². The van der Waals surface area contributed by atoms with Crippen LogP contribution in [-0.4, -0.2) is 51.4 Å². The molecule has 1 heterocycles. The van der Waals surface area contributed by atoms with Gasteiger partial charge in [-0.1, -0.05) is 0 Å². The van der Waals surface area contributed by atoms with Crippen LogP contribution >= 0.6 is 11.8 Å². The second kappa shape index (κ2) is 6.40. The van der Waals surface area contributed by atoms with E-state index in [1.807, 2.05) is 0 Å². The van der Waals surface area contributed by atoms with Crippen molar-refractivity contribution in [2.24, 2.45) is 0 Å². The zero-order valence-corrected chi connectivity index (χ0v) is 11.6. The number of hydrogen-bond donors (Lipinski definition) is 2. The van der Waals surface area contributed by atoms with Crippen LogP contribution in [0.1, 0.15) is 6.42 Å². The summed E-state index contributed by atoms with van der Waals surface area (Å²) < 4.78 is 26.2. The van der Waals surface area contributed by atoms with Crippen molar-refractivity contribution in [2.75, 3.05) is 12.3 Å². The number of halogens is 2. The van der Waals surface area contributed by atoms with Crippen molar-refractivity contribution in [1.29, 1.82) is 0 Å². The molecule has 1 aromatic carbocycles. The van der Waals surface area contributed by atoms with Gasteiger partial charge < -0.3 is 15.1 Å². The number of rotatable bonds is 4. The second-order valence-corrected chi connectivity index (χ2v) is 5.67. The molecule has 114 valence electrons. The smallest absolute Gasteiger partial charge is 0.326 e. The van der Waals surface area contributed by atoms with Crippen molar-refractivity contribution in [3.05, 3.63) is 29.8 Å². The monoisotopic (exact) mass is 317 g/mol. The maximum absolute atomic E-state index is 13.4. The molecule has 0 bridgehead atoms. The van der Waals surface area contributed by atoms with Gasteiger partial charge in [-0.05, 0) is 12.1 Å². The van der Waals surface area contributed by atoms with Crippen LogP contribution in [0.3, 0.4) is 0 Å². The van der Waals surface area contributed by atoms with Gasteiger partial charge in [-0.3, -0.25) is 4.79 Å². The Kier molecular flexibility index (Phi) is 4.79. The molecule has 1 amide bonds. The third-order valence-corrected chi connectivity index (χ3v) is 4.16. The largest absolute Gasteiger partial charge is 0.480 e. The number of benzene rings is 1. The molecule has 1 fully saturated rings. The van der Waals surface area contributed by atoms with Gasteiger partial charge in [-0.25, -0.2) is 13.6 Å². The summed E-state index contributed by atoms with van der Waals surface area (Å²) in [7, 11) is 0. The van der Waals surface area contributed by atoms with E-state index in [1.165, 1.54) is 6.07 Å². The Bertz CT molecular complexity index is 569. The summed E-state index contributed by atoms with van der Waals surface area (Å²) in [4.78, 5) is 24.2. The van der Waals surface area contributed by atoms with Crippen LogP contribution in [0.2, 0.25) is 0 Å². The minimum atomic E-state index is -1.18. The molecule has 1 aromatic rings. The van der Waals surface area contributed by atoms with Gasteiger partial charge >= 0.3 is 5.97 Å². The maximum atomic E-state index is 13.4. The highest BCUT2D eigenvalue weighted by molar-refractivity contribution is 8.00. The SMILES string of the molecule is O=C(O)[C@H]1C[C@@H](O)CN1C(=O)CSc1ccc(F)cc1F. The van der Waals surface area contributed by atoms with E-state index in [9.17, 15) is 23.5 Å². The zero-order chi connectivity index (χ0) is 15.6. The topological polar surface area (TPSA) is 77.8 Å². The predicted octanol–water partition coefficient (Wildman–Crippen LogP) is 1.10. The molecule has 0 aromatic heterocycles. The minimum Gasteiger partial charge on any atom is -0.480 e. The summed E-state index contributed by atoms with van der Waals surface area (Å²) in [5.74, 6) is -3.36. The number of carboxylic acids is 1. The van der Waals surface area contributed by atoms with Crippen LogP contribution in [0.25, 0.3) is 0 Å². The Morgan fingerprint density at radius 1 is 1.38 bits per heavy atom. The van der Waals surface area contributed by atoms with Gasteiger partial charge in [-0.2, -0.15) is 0 Å². The van der Waals surface area contributed by atoms with Gasteiger partial charge in [-0.15, -0.1) is 11.8 Å². The highest BCUT2D eigenvalue weighted by Crippen LogP contribution is 2.25. The van der Waals surface area contributed by atoms with E-state index in [1.54, 1.807) is 0 Å². The molecule has 1 saturated heterocycles. The van der Waals surface area contributed by atoms with Crippen molar-refractivity contribution < 1.29 is 28.6 Å². The van der Waals surface area contributed by atoms with E-state index in [2.05, 4.69) is 0 Å². The fourth-order valence-corrected chi connectivity index (χ4v) is 2.94. The third-order valence-electron chi connectivity index (χ3n) is 3.13. The molecule has 0 unspecified atom stereocenters. The Morgan fingerprint density at radius 2 is 2.10 bits per heavy atom. The molecule has 21 heavy (non-hydrogen) atoms.